The standard InChI is InChI=1S/C28H24F5N5O3S/c1-16-23-25(42-24(16)27(41)37-8-6-36(7-9-37)21-5-3-2-4-20(21)30)34-15-38(26(23)40)14-22(39)35-19-11-17(13-29)10-18(12-19)28(31,32)33/h2-5,10-12,15H,6-9,13-14H2,1H3,(H,35,39). The van der Waals surface area contributed by atoms with Gasteiger partial charge in [-0.25, -0.2) is 13.8 Å². The maximum Gasteiger partial charge on any atom is 0.416 e. The zero-order valence-electron chi connectivity index (χ0n) is 22.2. The van der Waals surface area contributed by atoms with Gasteiger partial charge >= 0.3 is 6.18 Å². The molecule has 0 atom stereocenters. The van der Waals surface area contributed by atoms with Gasteiger partial charge in [0, 0.05) is 31.9 Å². The van der Waals surface area contributed by atoms with E-state index in [1.54, 1.807) is 30.0 Å². The molecule has 8 nitrogen and oxygen atoms in total. The SMILES string of the molecule is Cc1c(C(=O)N2CCN(c3ccccc3F)CC2)sc2ncn(CC(=O)Nc3cc(CF)cc(C(F)(F)F)c3)c(=O)c12. The first-order valence-electron chi connectivity index (χ1n) is 12.8. The van der Waals surface area contributed by atoms with Crippen LogP contribution < -0.4 is 15.8 Å². The molecular weight excluding hydrogens is 581 g/mol. The van der Waals surface area contributed by atoms with E-state index in [9.17, 15) is 36.3 Å². The molecule has 1 N–H and O–H groups in total. The van der Waals surface area contributed by atoms with Crippen molar-refractivity contribution in [3.05, 3.63) is 86.5 Å². The number of amides is 2. The number of halogens is 5. The Bertz CT molecular complexity index is 1730. The molecule has 220 valence electrons. The molecule has 1 saturated heterocycles. The molecule has 2 aromatic carbocycles. The van der Waals surface area contributed by atoms with Gasteiger partial charge in [-0.15, -0.1) is 11.3 Å². The van der Waals surface area contributed by atoms with Crippen molar-refractivity contribution in [2.24, 2.45) is 0 Å². The molecule has 3 heterocycles. The Morgan fingerprint density at radius 1 is 1.07 bits per heavy atom. The summed E-state index contributed by atoms with van der Waals surface area (Å²) in [5, 5.41) is 2.43. The highest BCUT2D eigenvalue weighted by molar-refractivity contribution is 7.20. The number of anilines is 2. The molecule has 2 amide bonds. The number of nitrogens with zero attached hydrogens (tertiary/aromatic N) is 4. The van der Waals surface area contributed by atoms with Gasteiger partial charge in [0.15, 0.2) is 0 Å². The summed E-state index contributed by atoms with van der Waals surface area (Å²) < 4.78 is 67.7. The number of benzene rings is 2. The summed E-state index contributed by atoms with van der Waals surface area (Å²) in [6.45, 7) is 1.42. The number of hydrogen-bond acceptors (Lipinski definition) is 6. The Hall–Kier alpha value is -4.33. The van der Waals surface area contributed by atoms with E-state index >= 15 is 0 Å². The minimum Gasteiger partial charge on any atom is -0.366 e. The molecular formula is C28H24F5N5O3S. The molecule has 4 aromatic rings. The van der Waals surface area contributed by atoms with Crippen molar-refractivity contribution in [2.75, 3.05) is 36.4 Å². The average Bonchev–Trinajstić information content (AvgIpc) is 3.30. The lowest BCUT2D eigenvalue weighted by Crippen LogP contribution is -2.49. The second-order valence-corrected chi connectivity index (χ2v) is 10.7. The van der Waals surface area contributed by atoms with Crippen molar-refractivity contribution >= 4 is 44.7 Å². The third kappa shape index (κ3) is 5.84. The van der Waals surface area contributed by atoms with Crippen LogP contribution in [0.25, 0.3) is 10.2 Å². The van der Waals surface area contributed by atoms with E-state index in [-0.39, 0.29) is 28.4 Å². The summed E-state index contributed by atoms with van der Waals surface area (Å²) in [6, 6.07) is 8.82. The largest absolute Gasteiger partial charge is 0.416 e. The van der Waals surface area contributed by atoms with Gasteiger partial charge in [-0.3, -0.25) is 19.0 Å². The smallest absolute Gasteiger partial charge is 0.366 e. The molecule has 0 aliphatic carbocycles. The summed E-state index contributed by atoms with van der Waals surface area (Å²) in [4.78, 5) is 47.6. The van der Waals surface area contributed by atoms with Crippen LogP contribution in [0.5, 0.6) is 0 Å². The lowest BCUT2D eigenvalue weighted by molar-refractivity contribution is -0.137. The van der Waals surface area contributed by atoms with E-state index in [4.69, 9.17) is 0 Å². The predicted octanol–water partition coefficient (Wildman–Crippen LogP) is 4.99. The molecule has 5 rings (SSSR count). The first-order chi connectivity index (χ1) is 20.0. The minimum atomic E-state index is -4.74. The summed E-state index contributed by atoms with van der Waals surface area (Å²) in [7, 11) is 0. The number of carbonyl (C=O) groups excluding carboxylic acids is 2. The summed E-state index contributed by atoms with van der Waals surface area (Å²) in [6.07, 6.45) is -3.61. The fourth-order valence-corrected chi connectivity index (χ4v) is 5.95. The number of fused-ring (bicyclic) bond motifs is 1. The van der Waals surface area contributed by atoms with Crippen LogP contribution >= 0.6 is 11.3 Å². The van der Waals surface area contributed by atoms with Crippen LogP contribution in [0.2, 0.25) is 0 Å². The number of hydrogen-bond donors (Lipinski definition) is 1. The van der Waals surface area contributed by atoms with E-state index in [0.29, 0.717) is 59.3 Å². The van der Waals surface area contributed by atoms with Crippen molar-refractivity contribution in [3.63, 3.8) is 0 Å². The highest BCUT2D eigenvalue weighted by Crippen LogP contribution is 2.32. The minimum absolute atomic E-state index is 0.155. The Morgan fingerprint density at radius 3 is 2.45 bits per heavy atom. The number of aromatic nitrogens is 2. The topological polar surface area (TPSA) is 87.5 Å². The quantitative estimate of drug-likeness (QED) is 0.313. The van der Waals surface area contributed by atoms with Crippen LogP contribution in [-0.2, 0) is 24.2 Å². The maximum absolute atomic E-state index is 14.2. The maximum atomic E-state index is 14.2. The van der Waals surface area contributed by atoms with Gasteiger partial charge in [-0.2, -0.15) is 13.2 Å². The fourth-order valence-electron chi connectivity index (χ4n) is 4.84. The third-order valence-corrected chi connectivity index (χ3v) is 8.13. The number of carbonyl (C=O) groups is 2. The summed E-state index contributed by atoms with van der Waals surface area (Å²) >= 11 is 1.05. The first kappa shape index (κ1) is 29.2. The van der Waals surface area contributed by atoms with Crippen molar-refractivity contribution in [1.29, 1.82) is 0 Å². The van der Waals surface area contributed by atoms with Crippen LogP contribution in [0.4, 0.5) is 33.3 Å². The highest BCUT2D eigenvalue weighted by Gasteiger charge is 2.31. The Balaban J connectivity index is 1.31. The molecule has 42 heavy (non-hydrogen) atoms. The van der Waals surface area contributed by atoms with Gasteiger partial charge in [0.2, 0.25) is 5.91 Å². The molecule has 1 aliphatic rings. The van der Waals surface area contributed by atoms with Crippen LogP contribution in [0.1, 0.15) is 26.4 Å². The van der Waals surface area contributed by atoms with E-state index in [1.165, 1.54) is 6.07 Å². The fraction of sp³-hybridized carbons (Fsp3) is 0.286. The molecule has 0 spiro atoms. The molecule has 1 aliphatic heterocycles. The molecule has 0 unspecified atom stereocenters. The third-order valence-electron chi connectivity index (χ3n) is 6.94. The number of nitrogens with one attached hydrogen (secondary N) is 1. The van der Waals surface area contributed by atoms with E-state index < -0.39 is 36.4 Å². The molecule has 0 bridgehead atoms. The predicted molar refractivity (Wildman–Crippen MR) is 148 cm³/mol. The second kappa shape index (κ2) is 11.5. The van der Waals surface area contributed by atoms with Gasteiger partial charge in [-0.05, 0) is 48.4 Å². The Labute approximate surface area is 240 Å². The number of rotatable bonds is 6. The van der Waals surface area contributed by atoms with Gasteiger partial charge < -0.3 is 15.1 Å². The molecule has 1 fully saturated rings. The van der Waals surface area contributed by atoms with Gasteiger partial charge in [0.25, 0.3) is 11.5 Å². The Morgan fingerprint density at radius 2 is 1.79 bits per heavy atom. The summed E-state index contributed by atoms with van der Waals surface area (Å²) in [5.74, 6) is -1.45. The van der Waals surface area contributed by atoms with E-state index in [2.05, 4.69) is 10.3 Å². The number of thiophene rings is 1. The van der Waals surface area contributed by atoms with Crippen molar-refractivity contribution in [2.45, 2.75) is 26.3 Å². The molecule has 0 radical (unpaired) electrons. The Kier molecular flexibility index (Phi) is 7.99. The second-order valence-electron chi connectivity index (χ2n) is 9.74. The van der Waals surface area contributed by atoms with Crippen LogP contribution in [-0.4, -0.2) is 52.4 Å². The van der Waals surface area contributed by atoms with Gasteiger partial charge in [-0.1, -0.05) is 12.1 Å². The van der Waals surface area contributed by atoms with E-state index in [1.807, 2.05) is 4.90 Å². The number of aryl methyl sites for hydroxylation is 1. The molecule has 14 heteroatoms. The highest BCUT2D eigenvalue weighted by atomic mass is 32.1. The average molecular weight is 606 g/mol. The van der Waals surface area contributed by atoms with Crippen LogP contribution in [0.3, 0.4) is 0 Å². The lowest BCUT2D eigenvalue weighted by Gasteiger charge is -2.36. The lowest BCUT2D eigenvalue weighted by atomic mass is 10.1. The van der Waals surface area contributed by atoms with Crippen LogP contribution in [0.15, 0.2) is 53.6 Å². The molecule has 0 saturated carbocycles. The van der Waals surface area contributed by atoms with Crippen LogP contribution in [0, 0.1) is 12.7 Å². The monoisotopic (exact) mass is 605 g/mol. The molecule has 2 aromatic heterocycles. The number of piperazine rings is 1. The zero-order chi connectivity index (χ0) is 30.2. The summed E-state index contributed by atoms with van der Waals surface area (Å²) in [5.41, 5.74) is -1.38. The number of para-hydroxylation sites is 1. The zero-order valence-corrected chi connectivity index (χ0v) is 23.0. The van der Waals surface area contributed by atoms with E-state index in [0.717, 1.165) is 28.3 Å². The van der Waals surface area contributed by atoms with Crippen molar-refractivity contribution in [1.82, 2.24) is 14.5 Å². The normalized spacial score (nSPS) is 14.0. The van der Waals surface area contributed by atoms with Gasteiger partial charge in [0.05, 0.1) is 27.8 Å². The van der Waals surface area contributed by atoms with Crippen molar-refractivity contribution < 1.29 is 31.5 Å². The van der Waals surface area contributed by atoms with Gasteiger partial charge in [0.1, 0.15) is 23.9 Å². The number of alkyl halides is 4. The van der Waals surface area contributed by atoms with Crippen molar-refractivity contribution in [3.8, 4) is 0 Å². The first-order valence-corrected chi connectivity index (χ1v) is 13.6.